The molecule has 0 saturated heterocycles. The highest BCUT2D eigenvalue weighted by Crippen LogP contribution is 2.20. The predicted octanol–water partition coefficient (Wildman–Crippen LogP) is 2.37. The Kier molecular flexibility index (Phi) is 5.49. The smallest absolute Gasteiger partial charge is 0.254 e. The van der Waals surface area contributed by atoms with E-state index < -0.39 is 0 Å². The Morgan fingerprint density at radius 1 is 1.29 bits per heavy atom. The molecule has 0 N–H and O–H groups in total. The van der Waals surface area contributed by atoms with Crippen molar-refractivity contribution >= 4 is 34.5 Å². The van der Waals surface area contributed by atoms with Crippen molar-refractivity contribution in [2.45, 2.75) is 4.90 Å². The van der Waals surface area contributed by atoms with E-state index in [-0.39, 0.29) is 5.91 Å². The lowest BCUT2D eigenvalue weighted by Gasteiger charge is -2.20. The lowest BCUT2D eigenvalue weighted by molar-refractivity contribution is 0.0783. The van der Waals surface area contributed by atoms with Crippen LogP contribution in [0.25, 0.3) is 0 Å². The number of rotatable bonds is 4. The Labute approximate surface area is 116 Å². The summed E-state index contributed by atoms with van der Waals surface area (Å²) >= 11 is 7.67. The van der Waals surface area contributed by atoms with Crippen LogP contribution in [0.5, 0.6) is 0 Å². The number of amides is 1. The second-order valence-corrected chi connectivity index (χ2v) is 5.59. The molecule has 0 aromatic heterocycles. The van der Waals surface area contributed by atoms with Gasteiger partial charge in [-0.15, -0.1) is 12.6 Å². The van der Waals surface area contributed by atoms with Crippen molar-refractivity contribution in [3.63, 3.8) is 0 Å². The molecule has 0 radical (unpaired) electrons. The van der Waals surface area contributed by atoms with Crippen LogP contribution in [-0.2, 0) is 0 Å². The lowest BCUT2D eigenvalue weighted by Crippen LogP contribution is -2.33. The molecule has 0 fully saturated rings. The number of carbonyl (C=O) groups is 1. The van der Waals surface area contributed by atoms with Gasteiger partial charge < -0.3 is 9.80 Å². The molecule has 94 valence electrons. The minimum absolute atomic E-state index is 0.00403. The van der Waals surface area contributed by atoms with E-state index in [1.54, 1.807) is 18.0 Å². The van der Waals surface area contributed by atoms with Gasteiger partial charge in [-0.1, -0.05) is 15.9 Å². The largest absolute Gasteiger partial charge is 0.340 e. The quantitative estimate of drug-likeness (QED) is 0.862. The van der Waals surface area contributed by atoms with Crippen molar-refractivity contribution in [2.24, 2.45) is 0 Å². The molecule has 0 saturated carbocycles. The van der Waals surface area contributed by atoms with Gasteiger partial charge in [-0.05, 0) is 32.3 Å². The van der Waals surface area contributed by atoms with Gasteiger partial charge >= 0.3 is 0 Å². The highest BCUT2D eigenvalue weighted by atomic mass is 79.9. The molecule has 1 aromatic rings. The minimum atomic E-state index is 0.00403. The zero-order valence-electron chi connectivity index (χ0n) is 10.3. The molecule has 5 heteroatoms. The average molecular weight is 317 g/mol. The lowest BCUT2D eigenvalue weighted by atomic mass is 10.2. The van der Waals surface area contributed by atoms with Gasteiger partial charge in [-0.2, -0.15) is 0 Å². The summed E-state index contributed by atoms with van der Waals surface area (Å²) in [6, 6.07) is 5.48. The van der Waals surface area contributed by atoms with Gasteiger partial charge in [0, 0.05) is 29.5 Å². The molecule has 3 nitrogen and oxygen atoms in total. The summed E-state index contributed by atoms with van der Waals surface area (Å²) in [4.78, 5) is 16.6. The summed E-state index contributed by atoms with van der Waals surface area (Å²) < 4.78 is 0.926. The molecule has 0 bridgehead atoms. The topological polar surface area (TPSA) is 23.6 Å². The number of halogens is 1. The Morgan fingerprint density at radius 3 is 2.47 bits per heavy atom. The summed E-state index contributed by atoms with van der Waals surface area (Å²) in [5.41, 5.74) is 0.637. The number of benzene rings is 1. The maximum atomic E-state index is 12.1. The monoisotopic (exact) mass is 316 g/mol. The molecule has 0 unspecified atom stereocenters. The van der Waals surface area contributed by atoms with Gasteiger partial charge in [0.2, 0.25) is 0 Å². The molecule has 1 aromatic carbocycles. The number of nitrogens with zero attached hydrogens (tertiary/aromatic N) is 2. The first-order chi connectivity index (χ1) is 7.91. The first kappa shape index (κ1) is 14.5. The second-order valence-electron chi connectivity index (χ2n) is 4.19. The number of thiol groups is 1. The molecule has 0 heterocycles. The fourth-order valence-electron chi connectivity index (χ4n) is 1.34. The van der Waals surface area contributed by atoms with Gasteiger partial charge in [0.15, 0.2) is 0 Å². The Balaban J connectivity index is 2.75. The van der Waals surface area contributed by atoms with Gasteiger partial charge in [0.05, 0.1) is 5.56 Å². The summed E-state index contributed by atoms with van der Waals surface area (Å²) in [7, 11) is 5.78. The van der Waals surface area contributed by atoms with Gasteiger partial charge in [-0.25, -0.2) is 0 Å². The number of hydrogen-bond donors (Lipinski definition) is 1. The molecule has 0 aliphatic rings. The first-order valence-corrected chi connectivity index (χ1v) is 6.54. The Morgan fingerprint density at radius 2 is 1.94 bits per heavy atom. The standard InChI is InChI=1S/C12H17BrN2OS/c1-14(2)6-7-15(3)12(16)10-5-4-9(13)8-11(10)17/h4-5,8,17H,6-7H2,1-3H3. The SMILES string of the molecule is CN(C)CCN(C)C(=O)c1ccc(Br)cc1S. The van der Waals surface area contributed by atoms with Crippen LogP contribution < -0.4 is 0 Å². The van der Waals surface area contributed by atoms with Crippen LogP contribution in [0.3, 0.4) is 0 Å². The normalized spacial score (nSPS) is 10.7. The fourth-order valence-corrected chi connectivity index (χ4v) is 2.19. The van der Waals surface area contributed by atoms with Gasteiger partial charge in [-0.3, -0.25) is 4.79 Å². The van der Waals surface area contributed by atoms with Gasteiger partial charge in [0.1, 0.15) is 0 Å². The maximum absolute atomic E-state index is 12.1. The van der Waals surface area contributed by atoms with Crippen LogP contribution in [0.4, 0.5) is 0 Å². The highest BCUT2D eigenvalue weighted by molar-refractivity contribution is 9.10. The average Bonchev–Trinajstić information content (AvgIpc) is 2.25. The van der Waals surface area contributed by atoms with Crippen LogP contribution in [0.15, 0.2) is 27.6 Å². The molecule has 0 atom stereocenters. The number of likely N-dealkylation sites (N-methyl/N-ethyl adjacent to an activating group) is 2. The maximum Gasteiger partial charge on any atom is 0.254 e. The highest BCUT2D eigenvalue weighted by Gasteiger charge is 2.14. The molecule has 0 aliphatic carbocycles. The van der Waals surface area contributed by atoms with Crippen LogP contribution >= 0.6 is 28.6 Å². The fraction of sp³-hybridized carbons (Fsp3) is 0.417. The zero-order chi connectivity index (χ0) is 13.0. The van der Waals surface area contributed by atoms with Crippen LogP contribution in [0.2, 0.25) is 0 Å². The molecular weight excluding hydrogens is 300 g/mol. The molecule has 0 aliphatic heterocycles. The second kappa shape index (κ2) is 6.42. The van der Waals surface area contributed by atoms with Crippen molar-refractivity contribution in [3.05, 3.63) is 28.2 Å². The van der Waals surface area contributed by atoms with E-state index in [0.717, 1.165) is 11.0 Å². The van der Waals surface area contributed by atoms with E-state index in [0.29, 0.717) is 17.0 Å². The Bertz CT molecular complexity index is 409. The Hall–Kier alpha value is -0.520. The van der Waals surface area contributed by atoms with E-state index in [4.69, 9.17) is 0 Å². The van der Waals surface area contributed by atoms with E-state index in [1.807, 2.05) is 31.1 Å². The summed E-state index contributed by atoms with van der Waals surface area (Å²) in [5.74, 6) is 0.00403. The van der Waals surface area contributed by atoms with Crippen molar-refractivity contribution < 1.29 is 4.79 Å². The van der Waals surface area contributed by atoms with Crippen LogP contribution in [0.1, 0.15) is 10.4 Å². The van der Waals surface area contributed by atoms with Crippen LogP contribution in [0, 0.1) is 0 Å². The summed E-state index contributed by atoms with van der Waals surface area (Å²) in [6.07, 6.45) is 0. The first-order valence-electron chi connectivity index (χ1n) is 5.30. The third kappa shape index (κ3) is 4.33. The molecule has 17 heavy (non-hydrogen) atoms. The van der Waals surface area contributed by atoms with Gasteiger partial charge in [0.25, 0.3) is 5.91 Å². The predicted molar refractivity (Wildman–Crippen MR) is 76.9 cm³/mol. The zero-order valence-corrected chi connectivity index (χ0v) is 12.8. The third-order valence-corrected chi connectivity index (χ3v) is 3.28. The van der Waals surface area contributed by atoms with E-state index in [2.05, 4.69) is 28.6 Å². The van der Waals surface area contributed by atoms with Crippen LogP contribution in [-0.4, -0.2) is 49.9 Å². The number of hydrogen-bond acceptors (Lipinski definition) is 3. The minimum Gasteiger partial charge on any atom is -0.340 e. The molecule has 0 spiro atoms. The third-order valence-electron chi connectivity index (χ3n) is 2.42. The summed E-state index contributed by atoms with van der Waals surface area (Å²) in [5, 5.41) is 0. The summed E-state index contributed by atoms with van der Waals surface area (Å²) in [6.45, 7) is 1.55. The molecular formula is C12H17BrN2OS. The van der Waals surface area contributed by atoms with E-state index in [1.165, 1.54) is 0 Å². The molecule has 1 amide bonds. The van der Waals surface area contributed by atoms with Crippen molar-refractivity contribution in [3.8, 4) is 0 Å². The van der Waals surface area contributed by atoms with Crippen molar-refractivity contribution in [1.82, 2.24) is 9.80 Å². The van der Waals surface area contributed by atoms with Crippen molar-refractivity contribution in [1.29, 1.82) is 0 Å². The number of carbonyl (C=O) groups excluding carboxylic acids is 1. The molecule has 1 rings (SSSR count). The van der Waals surface area contributed by atoms with E-state index >= 15 is 0 Å². The van der Waals surface area contributed by atoms with Crippen molar-refractivity contribution in [2.75, 3.05) is 34.2 Å². The van der Waals surface area contributed by atoms with E-state index in [9.17, 15) is 4.79 Å².